The molecule has 0 aliphatic heterocycles. The molecule has 0 radical (unpaired) electrons. The molecule has 8 rings (SSSR count). The highest BCUT2D eigenvalue weighted by Crippen LogP contribution is 2.51. The molecule has 0 atom stereocenters. The Bertz CT molecular complexity index is 2510. The third kappa shape index (κ3) is 3.85. The molecule has 0 bridgehead atoms. The molecular weight excluding hydrogens is 506 g/mol. The summed E-state index contributed by atoms with van der Waals surface area (Å²) in [6.45, 7) is 4.37. The summed E-state index contributed by atoms with van der Waals surface area (Å²) in [6, 6.07) is 34.0. The summed E-state index contributed by atoms with van der Waals surface area (Å²) in [4.78, 5) is 1.83. The summed E-state index contributed by atoms with van der Waals surface area (Å²) < 4.78 is 61.6. The number of nitrogens with zero attached hydrogens (tertiary/aromatic N) is 1. The number of rotatable bonds is 4. The van der Waals surface area contributed by atoms with Gasteiger partial charge in [-0.15, -0.1) is 0 Å². The van der Waals surface area contributed by atoms with Gasteiger partial charge in [0.25, 0.3) is 0 Å². The third-order valence-corrected chi connectivity index (χ3v) is 8.53. The van der Waals surface area contributed by atoms with E-state index < -0.39 is 30.2 Å². The predicted octanol–water partition coefficient (Wildman–Crippen LogP) is 11.4. The Hall–Kier alpha value is -5.14. The summed E-state index contributed by atoms with van der Waals surface area (Å²) >= 11 is 0. The van der Waals surface area contributed by atoms with Crippen molar-refractivity contribution in [3.63, 3.8) is 0 Å². The lowest BCUT2D eigenvalue weighted by molar-refractivity contribution is 0.660. The zero-order valence-corrected chi connectivity index (χ0v) is 23.3. The Balaban J connectivity index is 1.44. The normalized spacial score (nSPS) is 15.5. The summed E-state index contributed by atoms with van der Waals surface area (Å²) in [5.74, 6) is 0. The molecule has 0 spiro atoms. The second kappa shape index (κ2) is 9.46. The first-order valence-electron chi connectivity index (χ1n) is 17.6. The summed E-state index contributed by atoms with van der Waals surface area (Å²) in [5, 5.41) is 2.19. The van der Waals surface area contributed by atoms with Crippen LogP contribution in [0.25, 0.3) is 43.8 Å². The molecule has 0 unspecified atom stereocenters. The van der Waals surface area contributed by atoms with Crippen molar-refractivity contribution < 1.29 is 9.60 Å². The molecule has 42 heavy (non-hydrogen) atoms. The first kappa shape index (κ1) is 18.3. The van der Waals surface area contributed by atoms with Gasteiger partial charge in [0.15, 0.2) is 0 Å². The molecule has 0 saturated heterocycles. The maximum Gasteiger partial charge on any atom is 0.0645 e. The Morgan fingerprint density at radius 3 is 2.19 bits per heavy atom. The van der Waals surface area contributed by atoms with Crippen molar-refractivity contribution in [2.45, 2.75) is 19.3 Å². The van der Waals surface area contributed by atoms with E-state index in [0.29, 0.717) is 11.4 Å². The SMILES string of the molecule is [2H]c1c([2H])c([2H])c2c(N(c3cccc(-c4ccc5ccccc5c4)c3)c3ccc4c(c3)C(C)(C)c3ccccc3-4)c([2H])c([2H])c([2H])c2c1[2H]. The van der Waals surface area contributed by atoms with Crippen LogP contribution >= 0.6 is 0 Å². The minimum atomic E-state index is -0.476. The van der Waals surface area contributed by atoms with Crippen LogP contribution in [0, 0.1) is 0 Å². The van der Waals surface area contributed by atoms with E-state index in [1.54, 1.807) is 0 Å². The zero-order valence-electron chi connectivity index (χ0n) is 30.3. The topological polar surface area (TPSA) is 3.24 Å². The molecule has 1 heteroatoms. The van der Waals surface area contributed by atoms with E-state index in [0.717, 1.165) is 38.6 Å². The Morgan fingerprint density at radius 1 is 0.524 bits per heavy atom. The van der Waals surface area contributed by atoms with Gasteiger partial charge in [0.05, 0.1) is 15.3 Å². The lowest BCUT2D eigenvalue weighted by atomic mass is 9.82. The molecule has 200 valence electrons. The number of hydrogen-bond acceptors (Lipinski definition) is 1. The van der Waals surface area contributed by atoms with Gasteiger partial charge in [-0.3, -0.25) is 0 Å². The summed E-state index contributed by atoms with van der Waals surface area (Å²) in [7, 11) is 0. The van der Waals surface area contributed by atoms with E-state index in [2.05, 4.69) is 68.4 Å². The van der Waals surface area contributed by atoms with Gasteiger partial charge in [0.1, 0.15) is 0 Å². The fourth-order valence-electron chi connectivity index (χ4n) is 6.40. The highest BCUT2D eigenvalue weighted by atomic mass is 15.1. The highest BCUT2D eigenvalue weighted by molar-refractivity contribution is 6.00. The van der Waals surface area contributed by atoms with Crippen LogP contribution in [0.5, 0.6) is 0 Å². The quantitative estimate of drug-likeness (QED) is 0.213. The van der Waals surface area contributed by atoms with Crippen molar-refractivity contribution in [1.29, 1.82) is 0 Å². The van der Waals surface area contributed by atoms with Gasteiger partial charge in [-0.05, 0) is 85.9 Å². The first-order chi connectivity index (χ1) is 23.5. The molecule has 1 nitrogen and oxygen atoms in total. The molecule has 0 N–H and O–H groups in total. The van der Waals surface area contributed by atoms with Crippen LogP contribution in [0.1, 0.15) is 34.6 Å². The standard InChI is InChI=1S/C41H31N/c1-41(2)38-19-8-7-18-36(38)37-24-23-34(27-39(37)41)42(40-20-10-14-29-12-5-6-17-35(29)40)33-16-9-15-31(26-33)32-22-21-28-11-3-4-13-30(28)25-32/h3-27H,1-2H3/i5D,6D,10D,12D,14D,17D,20D. The largest absolute Gasteiger partial charge is 0.310 e. The van der Waals surface area contributed by atoms with Gasteiger partial charge in [0.2, 0.25) is 0 Å². The second-order valence-corrected chi connectivity index (χ2v) is 11.3. The Kier molecular flexibility index (Phi) is 4.13. The molecule has 0 amide bonds. The molecule has 0 fully saturated rings. The third-order valence-electron chi connectivity index (χ3n) is 8.53. The average Bonchev–Trinajstić information content (AvgIpc) is 3.35. The minimum absolute atomic E-state index is 0.0381. The summed E-state index contributed by atoms with van der Waals surface area (Å²) in [5.41, 5.74) is 7.60. The number of fused-ring (bicyclic) bond motifs is 5. The number of hydrogen-bond donors (Lipinski definition) is 0. The lowest BCUT2D eigenvalue weighted by Gasteiger charge is -2.29. The van der Waals surface area contributed by atoms with E-state index in [1.807, 2.05) is 59.5 Å². The van der Waals surface area contributed by atoms with Crippen molar-refractivity contribution in [2.75, 3.05) is 4.90 Å². The average molecular weight is 545 g/mol. The second-order valence-electron chi connectivity index (χ2n) is 11.3. The predicted molar refractivity (Wildman–Crippen MR) is 179 cm³/mol. The van der Waals surface area contributed by atoms with Gasteiger partial charge in [0, 0.05) is 22.2 Å². The Labute approximate surface area is 257 Å². The van der Waals surface area contributed by atoms with Crippen molar-refractivity contribution in [2.24, 2.45) is 0 Å². The van der Waals surface area contributed by atoms with Crippen LogP contribution in [0.15, 0.2) is 151 Å². The monoisotopic (exact) mass is 544 g/mol. The van der Waals surface area contributed by atoms with E-state index in [4.69, 9.17) is 8.22 Å². The van der Waals surface area contributed by atoms with Crippen LogP contribution in [-0.2, 0) is 5.41 Å². The van der Waals surface area contributed by atoms with Crippen LogP contribution in [-0.4, -0.2) is 0 Å². The fourth-order valence-corrected chi connectivity index (χ4v) is 6.40. The minimum Gasteiger partial charge on any atom is -0.310 e. The van der Waals surface area contributed by atoms with Gasteiger partial charge in [-0.2, -0.15) is 0 Å². The van der Waals surface area contributed by atoms with Gasteiger partial charge < -0.3 is 4.90 Å². The maximum atomic E-state index is 9.28. The lowest BCUT2D eigenvalue weighted by Crippen LogP contribution is -2.16. The number of benzene rings is 7. The molecule has 1 aliphatic carbocycles. The smallest absolute Gasteiger partial charge is 0.0645 e. The number of anilines is 3. The molecule has 0 saturated carbocycles. The highest BCUT2D eigenvalue weighted by Gasteiger charge is 2.35. The molecular formula is C41H31N. The first-order valence-corrected chi connectivity index (χ1v) is 14.1. The maximum absolute atomic E-state index is 9.28. The van der Waals surface area contributed by atoms with Crippen LogP contribution in [0.2, 0.25) is 0 Å². The molecule has 0 aromatic heterocycles. The van der Waals surface area contributed by atoms with Gasteiger partial charge in [-0.1, -0.05) is 129 Å². The van der Waals surface area contributed by atoms with E-state index >= 15 is 0 Å². The van der Waals surface area contributed by atoms with Crippen LogP contribution in [0.3, 0.4) is 0 Å². The van der Waals surface area contributed by atoms with Crippen LogP contribution < -0.4 is 4.90 Å². The zero-order chi connectivity index (χ0) is 34.4. The molecule has 1 aliphatic rings. The van der Waals surface area contributed by atoms with E-state index in [9.17, 15) is 1.37 Å². The van der Waals surface area contributed by atoms with Gasteiger partial charge >= 0.3 is 0 Å². The summed E-state index contributed by atoms with van der Waals surface area (Å²) in [6.07, 6.45) is 0. The van der Waals surface area contributed by atoms with Crippen molar-refractivity contribution >= 4 is 38.6 Å². The van der Waals surface area contributed by atoms with Gasteiger partial charge in [-0.25, -0.2) is 0 Å². The Morgan fingerprint density at radius 2 is 1.26 bits per heavy atom. The van der Waals surface area contributed by atoms with Crippen molar-refractivity contribution in [3.8, 4) is 22.3 Å². The van der Waals surface area contributed by atoms with E-state index in [-0.39, 0.29) is 34.0 Å². The molecule has 0 heterocycles. The van der Waals surface area contributed by atoms with E-state index in [1.165, 1.54) is 5.56 Å². The molecule has 7 aromatic rings. The fraction of sp³-hybridized carbons (Fsp3) is 0.0732. The van der Waals surface area contributed by atoms with Crippen molar-refractivity contribution in [3.05, 3.63) is 163 Å². The van der Waals surface area contributed by atoms with Crippen molar-refractivity contribution in [1.82, 2.24) is 0 Å². The molecule has 7 aromatic carbocycles. The van der Waals surface area contributed by atoms with Crippen LogP contribution in [0.4, 0.5) is 17.1 Å².